The summed E-state index contributed by atoms with van der Waals surface area (Å²) in [5.74, 6) is 0.651. The van der Waals surface area contributed by atoms with Crippen LogP contribution in [-0.4, -0.2) is 23.3 Å². The molecule has 0 aromatic carbocycles. The summed E-state index contributed by atoms with van der Waals surface area (Å²) in [4.78, 5) is 2.60. The SMILES string of the molecule is Cc1ccc(-c2cc(C3CCNCC3)[nH]n2)s1. The van der Waals surface area contributed by atoms with Gasteiger partial charge in [0.2, 0.25) is 0 Å². The highest BCUT2D eigenvalue weighted by atomic mass is 32.1. The van der Waals surface area contributed by atoms with Gasteiger partial charge in [0.1, 0.15) is 5.69 Å². The third kappa shape index (κ3) is 2.28. The van der Waals surface area contributed by atoms with Gasteiger partial charge < -0.3 is 5.32 Å². The normalized spacial score (nSPS) is 17.5. The highest BCUT2D eigenvalue weighted by Crippen LogP contribution is 2.30. The molecule has 1 aliphatic heterocycles. The molecule has 0 saturated carbocycles. The maximum atomic E-state index is 4.44. The molecule has 0 unspecified atom stereocenters. The van der Waals surface area contributed by atoms with Crippen molar-refractivity contribution in [3.63, 3.8) is 0 Å². The van der Waals surface area contributed by atoms with Crippen molar-refractivity contribution in [2.24, 2.45) is 0 Å². The molecule has 1 aliphatic rings. The van der Waals surface area contributed by atoms with Gasteiger partial charge >= 0.3 is 0 Å². The number of hydrogen-bond acceptors (Lipinski definition) is 3. The minimum absolute atomic E-state index is 0.651. The fourth-order valence-corrected chi connectivity index (χ4v) is 3.21. The highest BCUT2D eigenvalue weighted by molar-refractivity contribution is 7.15. The molecule has 4 heteroatoms. The van der Waals surface area contributed by atoms with E-state index < -0.39 is 0 Å². The Balaban J connectivity index is 1.82. The first-order valence-corrected chi connectivity index (χ1v) is 6.97. The predicted molar refractivity (Wildman–Crippen MR) is 71.5 cm³/mol. The molecule has 0 atom stereocenters. The van der Waals surface area contributed by atoms with Gasteiger partial charge in [-0.3, -0.25) is 5.10 Å². The van der Waals surface area contributed by atoms with Gasteiger partial charge in [-0.15, -0.1) is 11.3 Å². The molecule has 3 rings (SSSR count). The van der Waals surface area contributed by atoms with E-state index in [0.717, 1.165) is 18.8 Å². The number of nitrogens with one attached hydrogen (secondary N) is 2. The molecule has 0 aliphatic carbocycles. The lowest BCUT2D eigenvalue weighted by Crippen LogP contribution is -2.26. The lowest BCUT2D eigenvalue weighted by Gasteiger charge is -2.20. The summed E-state index contributed by atoms with van der Waals surface area (Å²) in [5, 5.41) is 11.0. The van der Waals surface area contributed by atoms with Crippen molar-refractivity contribution in [3.8, 4) is 10.6 Å². The minimum Gasteiger partial charge on any atom is -0.317 e. The molecule has 90 valence electrons. The van der Waals surface area contributed by atoms with Crippen molar-refractivity contribution in [2.45, 2.75) is 25.7 Å². The van der Waals surface area contributed by atoms with Gasteiger partial charge in [-0.05, 0) is 51.1 Å². The van der Waals surface area contributed by atoms with Crippen molar-refractivity contribution >= 4 is 11.3 Å². The minimum atomic E-state index is 0.651. The van der Waals surface area contributed by atoms with Gasteiger partial charge in [0.25, 0.3) is 0 Å². The molecule has 2 N–H and O–H groups in total. The molecule has 1 fully saturated rings. The third-order valence-electron chi connectivity index (χ3n) is 3.37. The number of thiophene rings is 1. The lowest BCUT2D eigenvalue weighted by atomic mass is 9.94. The van der Waals surface area contributed by atoms with Crippen LogP contribution in [0.5, 0.6) is 0 Å². The standard InChI is InChI=1S/C13H17N3S/c1-9-2-3-13(17-9)12-8-11(15-16-12)10-4-6-14-7-5-10/h2-3,8,10,14H,4-7H2,1H3,(H,15,16). The summed E-state index contributed by atoms with van der Waals surface area (Å²) in [5.41, 5.74) is 2.39. The summed E-state index contributed by atoms with van der Waals surface area (Å²) in [6.45, 7) is 4.38. The molecule has 0 spiro atoms. The lowest BCUT2D eigenvalue weighted by molar-refractivity contribution is 0.453. The molecule has 17 heavy (non-hydrogen) atoms. The maximum Gasteiger partial charge on any atom is 0.102 e. The van der Waals surface area contributed by atoms with Gasteiger partial charge in [-0.2, -0.15) is 5.10 Å². The van der Waals surface area contributed by atoms with Crippen molar-refractivity contribution in [1.29, 1.82) is 0 Å². The van der Waals surface area contributed by atoms with Crippen molar-refractivity contribution < 1.29 is 0 Å². The summed E-state index contributed by atoms with van der Waals surface area (Å²) < 4.78 is 0. The Morgan fingerprint density at radius 1 is 1.29 bits per heavy atom. The quantitative estimate of drug-likeness (QED) is 0.856. The van der Waals surface area contributed by atoms with Crippen LogP contribution in [0.1, 0.15) is 29.3 Å². The first-order valence-electron chi connectivity index (χ1n) is 6.16. The Labute approximate surface area is 105 Å². The second kappa shape index (κ2) is 4.63. The maximum absolute atomic E-state index is 4.44. The Hall–Kier alpha value is -1.13. The van der Waals surface area contributed by atoms with Gasteiger partial charge in [-0.1, -0.05) is 0 Å². The number of aromatic amines is 1. The first kappa shape index (κ1) is 11.0. The van der Waals surface area contributed by atoms with Gasteiger partial charge in [-0.25, -0.2) is 0 Å². The van der Waals surface area contributed by atoms with Gasteiger partial charge in [0.15, 0.2) is 0 Å². The Morgan fingerprint density at radius 2 is 2.12 bits per heavy atom. The smallest absolute Gasteiger partial charge is 0.102 e. The number of rotatable bonds is 2. The summed E-state index contributed by atoms with van der Waals surface area (Å²) in [6, 6.07) is 6.53. The number of nitrogens with zero attached hydrogens (tertiary/aromatic N) is 1. The van der Waals surface area contributed by atoms with Crippen LogP contribution >= 0.6 is 11.3 Å². The van der Waals surface area contributed by atoms with Crippen molar-refractivity contribution in [3.05, 3.63) is 28.8 Å². The zero-order chi connectivity index (χ0) is 11.7. The molecule has 0 bridgehead atoms. The summed E-state index contributed by atoms with van der Waals surface area (Å²) in [7, 11) is 0. The largest absolute Gasteiger partial charge is 0.317 e. The van der Waals surface area contributed by atoms with Gasteiger partial charge in [0.05, 0.1) is 4.88 Å². The van der Waals surface area contributed by atoms with Crippen LogP contribution in [0.15, 0.2) is 18.2 Å². The Kier molecular flexibility index (Phi) is 2.99. The summed E-state index contributed by atoms with van der Waals surface area (Å²) in [6.07, 6.45) is 2.43. The molecular weight excluding hydrogens is 230 g/mol. The topological polar surface area (TPSA) is 40.7 Å². The number of hydrogen-bond donors (Lipinski definition) is 2. The second-order valence-electron chi connectivity index (χ2n) is 4.64. The predicted octanol–water partition coefficient (Wildman–Crippen LogP) is 2.91. The molecule has 3 nitrogen and oxygen atoms in total. The van der Waals surface area contributed by atoms with Crippen LogP contribution in [0.25, 0.3) is 10.6 Å². The van der Waals surface area contributed by atoms with E-state index in [9.17, 15) is 0 Å². The zero-order valence-corrected chi connectivity index (χ0v) is 10.8. The molecule has 1 saturated heterocycles. The van der Waals surface area contributed by atoms with Crippen molar-refractivity contribution in [1.82, 2.24) is 15.5 Å². The van der Waals surface area contributed by atoms with E-state index >= 15 is 0 Å². The van der Waals surface area contributed by atoms with E-state index in [0.29, 0.717) is 5.92 Å². The van der Waals surface area contributed by atoms with E-state index in [1.54, 1.807) is 11.3 Å². The van der Waals surface area contributed by atoms with Crippen LogP contribution < -0.4 is 5.32 Å². The van der Waals surface area contributed by atoms with Gasteiger partial charge in [0, 0.05) is 16.5 Å². The van der Waals surface area contributed by atoms with E-state index in [4.69, 9.17) is 0 Å². The highest BCUT2D eigenvalue weighted by Gasteiger charge is 2.17. The van der Waals surface area contributed by atoms with Crippen LogP contribution in [0.4, 0.5) is 0 Å². The van der Waals surface area contributed by atoms with E-state index in [1.807, 2.05) is 0 Å². The number of aryl methyl sites for hydroxylation is 1. The van der Waals surface area contributed by atoms with Crippen molar-refractivity contribution in [2.75, 3.05) is 13.1 Å². The van der Waals surface area contributed by atoms with E-state index in [1.165, 1.54) is 28.3 Å². The van der Waals surface area contributed by atoms with Crippen LogP contribution in [0, 0.1) is 6.92 Å². The third-order valence-corrected chi connectivity index (χ3v) is 4.39. The Morgan fingerprint density at radius 3 is 2.82 bits per heavy atom. The molecule has 0 radical (unpaired) electrons. The average molecular weight is 247 g/mol. The monoisotopic (exact) mass is 247 g/mol. The van der Waals surface area contributed by atoms with E-state index in [2.05, 4.69) is 40.6 Å². The van der Waals surface area contributed by atoms with Crippen LogP contribution in [0.3, 0.4) is 0 Å². The molecule has 2 aromatic rings. The zero-order valence-electron chi connectivity index (χ0n) is 9.99. The first-order chi connectivity index (χ1) is 8.33. The average Bonchev–Trinajstić information content (AvgIpc) is 2.98. The number of aromatic nitrogens is 2. The Bertz CT molecular complexity index is 494. The fourth-order valence-electron chi connectivity index (χ4n) is 2.38. The van der Waals surface area contributed by atoms with Crippen LogP contribution in [0.2, 0.25) is 0 Å². The van der Waals surface area contributed by atoms with Crippen LogP contribution in [-0.2, 0) is 0 Å². The molecule has 2 aromatic heterocycles. The number of H-pyrrole nitrogens is 1. The van der Waals surface area contributed by atoms with E-state index in [-0.39, 0.29) is 0 Å². The number of piperidine rings is 1. The molecule has 0 amide bonds. The second-order valence-corrected chi connectivity index (χ2v) is 5.93. The molecular formula is C13H17N3S. The fraction of sp³-hybridized carbons (Fsp3) is 0.462. The molecule has 3 heterocycles. The summed E-state index contributed by atoms with van der Waals surface area (Å²) >= 11 is 1.81.